The first-order chi connectivity index (χ1) is 13.2. The van der Waals surface area contributed by atoms with Crippen LogP contribution in [0.15, 0.2) is 29.4 Å². The number of thioether (sulfide) groups is 1. The Morgan fingerprint density at radius 3 is 2.54 bits per heavy atom. The number of hydrogen-bond acceptors (Lipinski definition) is 4. The quantitative estimate of drug-likeness (QED) is 0.654. The number of anilines is 1. The van der Waals surface area contributed by atoms with Crippen LogP contribution in [-0.2, 0) is 17.5 Å². The van der Waals surface area contributed by atoms with Crippen LogP contribution in [-0.4, -0.2) is 25.9 Å². The van der Waals surface area contributed by atoms with Gasteiger partial charge in [-0.25, -0.2) is 0 Å². The smallest absolute Gasteiger partial charge is 0.325 e. The number of nitrogens with zero attached hydrogens (tertiary/aromatic N) is 3. The van der Waals surface area contributed by atoms with Crippen molar-refractivity contribution in [3.05, 3.63) is 35.7 Å². The molecule has 3 rings (SSSR count). The molecule has 9 heteroatoms. The molecule has 1 fully saturated rings. The third kappa shape index (κ3) is 4.51. The van der Waals surface area contributed by atoms with E-state index in [-0.39, 0.29) is 11.6 Å². The highest BCUT2D eigenvalue weighted by molar-refractivity contribution is 8.00. The van der Waals surface area contributed by atoms with E-state index in [4.69, 9.17) is 0 Å². The lowest BCUT2D eigenvalue weighted by Gasteiger charge is -2.21. The Morgan fingerprint density at radius 2 is 1.96 bits per heavy atom. The summed E-state index contributed by atoms with van der Waals surface area (Å²) in [5, 5.41) is 11.0. The normalized spacial score (nSPS) is 15.7. The lowest BCUT2D eigenvalue weighted by atomic mass is 10.1. The zero-order chi connectivity index (χ0) is 20.5. The Morgan fingerprint density at radius 1 is 1.29 bits per heavy atom. The summed E-state index contributed by atoms with van der Waals surface area (Å²) < 4.78 is 41.6. The molecule has 1 aliphatic rings. The van der Waals surface area contributed by atoms with Crippen LogP contribution >= 0.6 is 11.8 Å². The zero-order valence-corrected chi connectivity index (χ0v) is 16.8. The highest BCUT2D eigenvalue weighted by Gasteiger charge is 2.35. The number of halogens is 3. The third-order valence-electron chi connectivity index (χ3n) is 4.59. The van der Waals surface area contributed by atoms with Crippen LogP contribution in [0.3, 0.4) is 0 Å². The molecule has 0 bridgehead atoms. The molecule has 0 radical (unpaired) electrons. The molecule has 1 atom stereocenters. The summed E-state index contributed by atoms with van der Waals surface area (Å²) in [6, 6.07) is 5.00. The second-order valence-electron chi connectivity index (χ2n) is 7.17. The van der Waals surface area contributed by atoms with Gasteiger partial charge < -0.3 is 9.88 Å². The van der Waals surface area contributed by atoms with Gasteiger partial charge in [0.2, 0.25) is 5.91 Å². The van der Waals surface area contributed by atoms with Crippen LogP contribution in [0, 0.1) is 5.92 Å². The SMILES string of the molecule is CCn1c(SC(C(=O)Nc2ccccc2C(F)(F)F)C(C)C)nnc1C1CC1. The van der Waals surface area contributed by atoms with Gasteiger partial charge in [0.15, 0.2) is 5.16 Å². The van der Waals surface area contributed by atoms with Crippen LogP contribution in [0.5, 0.6) is 0 Å². The molecule has 0 spiro atoms. The van der Waals surface area contributed by atoms with E-state index in [1.165, 1.54) is 30.0 Å². The summed E-state index contributed by atoms with van der Waals surface area (Å²) in [6.45, 7) is 6.40. The Bertz CT molecular complexity index is 846. The van der Waals surface area contributed by atoms with E-state index in [1.54, 1.807) is 0 Å². The van der Waals surface area contributed by atoms with Gasteiger partial charge in [0, 0.05) is 12.5 Å². The van der Waals surface area contributed by atoms with E-state index >= 15 is 0 Å². The molecule has 2 aromatic rings. The van der Waals surface area contributed by atoms with Crippen molar-refractivity contribution in [1.29, 1.82) is 0 Å². The fourth-order valence-corrected chi connectivity index (χ4v) is 4.08. The number of para-hydroxylation sites is 1. The molecule has 152 valence electrons. The average molecular weight is 412 g/mol. The van der Waals surface area contributed by atoms with Crippen molar-refractivity contribution in [3.8, 4) is 0 Å². The molecule has 1 saturated carbocycles. The maximum absolute atomic E-state index is 13.2. The van der Waals surface area contributed by atoms with Crippen molar-refractivity contribution in [2.75, 3.05) is 5.32 Å². The Hall–Kier alpha value is -2.03. The van der Waals surface area contributed by atoms with Crippen molar-refractivity contribution in [2.24, 2.45) is 5.92 Å². The van der Waals surface area contributed by atoms with E-state index in [1.807, 2.05) is 25.3 Å². The van der Waals surface area contributed by atoms with Crippen molar-refractivity contribution in [2.45, 2.75) is 62.7 Å². The minimum absolute atomic E-state index is 0.102. The van der Waals surface area contributed by atoms with Crippen LogP contribution < -0.4 is 5.32 Å². The molecule has 0 saturated heterocycles. The van der Waals surface area contributed by atoms with Gasteiger partial charge >= 0.3 is 6.18 Å². The third-order valence-corrected chi connectivity index (χ3v) is 6.12. The predicted octanol–water partition coefficient (Wildman–Crippen LogP) is 4.95. The molecule has 5 nitrogen and oxygen atoms in total. The molecule has 1 amide bonds. The summed E-state index contributed by atoms with van der Waals surface area (Å²) in [6.07, 6.45) is -2.36. The average Bonchev–Trinajstić information content (AvgIpc) is 3.39. The van der Waals surface area contributed by atoms with E-state index in [9.17, 15) is 18.0 Å². The van der Waals surface area contributed by atoms with Crippen LogP contribution in [0.2, 0.25) is 0 Å². The van der Waals surface area contributed by atoms with Crippen LogP contribution in [0.25, 0.3) is 0 Å². The van der Waals surface area contributed by atoms with Crippen LogP contribution in [0.4, 0.5) is 18.9 Å². The van der Waals surface area contributed by atoms with Gasteiger partial charge in [-0.2, -0.15) is 13.2 Å². The van der Waals surface area contributed by atoms with Crippen molar-refractivity contribution in [3.63, 3.8) is 0 Å². The number of rotatable bonds is 7. The second-order valence-corrected chi connectivity index (χ2v) is 8.28. The molecule has 28 heavy (non-hydrogen) atoms. The number of nitrogens with one attached hydrogen (secondary N) is 1. The first-order valence-electron chi connectivity index (χ1n) is 9.29. The van der Waals surface area contributed by atoms with Gasteiger partial charge in [-0.05, 0) is 37.8 Å². The van der Waals surface area contributed by atoms with Gasteiger partial charge in [0.25, 0.3) is 0 Å². The summed E-state index contributed by atoms with van der Waals surface area (Å²) in [5.41, 5.74) is -1.09. The van der Waals surface area contributed by atoms with Gasteiger partial charge in [0.05, 0.1) is 16.5 Å². The second kappa shape index (κ2) is 8.14. The van der Waals surface area contributed by atoms with Gasteiger partial charge in [-0.15, -0.1) is 10.2 Å². The summed E-state index contributed by atoms with van der Waals surface area (Å²) >= 11 is 1.25. The first-order valence-corrected chi connectivity index (χ1v) is 10.2. The van der Waals surface area contributed by atoms with Crippen molar-refractivity contribution < 1.29 is 18.0 Å². The number of hydrogen-bond donors (Lipinski definition) is 1. The summed E-state index contributed by atoms with van der Waals surface area (Å²) in [5.74, 6) is 0.770. The standard InChI is InChI=1S/C19H23F3N4OS/c1-4-26-16(12-9-10-12)24-25-18(26)28-15(11(2)3)17(27)23-14-8-6-5-7-13(14)19(20,21)22/h5-8,11-12,15H,4,9-10H2,1-3H3,(H,23,27). The monoisotopic (exact) mass is 412 g/mol. The van der Waals surface area contributed by atoms with Gasteiger partial charge in [-0.1, -0.05) is 37.7 Å². The Balaban J connectivity index is 1.81. The van der Waals surface area contributed by atoms with Crippen LogP contribution in [0.1, 0.15) is 50.9 Å². The molecule has 0 aliphatic heterocycles. The van der Waals surface area contributed by atoms with Gasteiger partial charge in [-0.3, -0.25) is 4.79 Å². The molecule has 1 unspecified atom stereocenters. The molecular weight excluding hydrogens is 389 g/mol. The number of carbonyl (C=O) groups excluding carboxylic acids is 1. The van der Waals surface area contributed by atoms with Crippen molar-refractivity contribution >= 4 is 23.4 Å². The lowest BCUT2D eigenvalue weighted by molar-refractivity contribution is -0.137. The minimum Gasteiger partial charge on any atom is -0.325 e. The molecular formula is C19H23F3N4OS. The molecule has 1 aliphatic carbocycles. The summed E-state index contributed by atoms with van der Waals surface area (Å²) in [4.78, 5) is 12.8. The largest absolute Gasteiger partial charge is 0.418 e. The van der Waals surface area contributed by atoms with E-state index in [2.05, 4.69) is 15.5 Å². The fourth-order valence-electron chi connectivity index (χ4n) is 2.98. The topological polar surface area (TPSA) is 59.8 Å². The number of carbonyl (C=O) groups is 1. The number of aromatic nitrogens is 3. The minimum atomic E-state index is -4.54. The molecule has 1 aromatic heterocycles. The number of alkyl halides is 3. The first kappa shape index (κ1) is 20.7. The predicted molar refractivity (Wildman–Crippen MR) is 102 cm³/mol. The zero-order valence-electron chi connectivity index (χ0n) is 16.0. The Labute approximate surface area is 166 Å². The van der Waals surface area contributed by atoms with E-state index in [0.29, 0.717) is 17.6 Å². The van der Waals surface area contributed by atoms with Crippen molar-refractivity contribution in [1.82, 2.24) is 14.8 Å². The maximum Gasteiger partial charge on any atom is 0.418 e. The highest BCUT2D eigenvalue weighted by Crippen LogP contribution is 2.41. The number of benzene rings is 1. The Kier molecular flexibility index (Phi) is 6.02. The van der Waals surface area contributed by atoms with E-state index in [0.717, 1.165) is 24.7 Å². The van der Waals surface area contributed by atoms with E-state index < -0.39 is 22.9 Å². The maximum atomic E-state index is 13.2. The lowest BCUT2D eigenvalue weighted by Crippen LogP contribution is -2.31. The number of amides is 1. The fraction of sp³-hybridized carbons (Fsp3) is 0.526. The highest BCUT2D eigenvalue weighted by atomic mass is 32.2. The molecule has 1 heterocycles. The summed E-state index contributed by atoms with van der Waals surface area (Å²) in [7, 11) is 0. The van der Waals surface area contributed by atoms with Gasteiger partial charge in [0.1, 0.15) is 5.82 Å². The molecule has 1 N–H and O–H groups in total. The molecule has 1 aromatic carbocycles.